The van der Waals surface area contributed by atoms with Crippen LogP contribution in [0.5, 0.6) is 5.75 Å². The van der Waals surface area contributed by atoms with Crippen LogP contribution >= 0.6 is 0 Å². The maximum Gasteiger partial charge on any atom is 0.251 e. The molecule has 0 aromatic heterocycles. The summed E-state index contributed by atoms with van der Waals surface area (Å²) in [5, 5.41) is 2.78. The van der Waals surface area contributed by atoms with Gasteiger partial charge in [0.25, 0.3) is 5.91 Å². The van der Waals surface area contributed by atoms with E-state index in [0.717, 1.165) is 0 Å². The first-order valence-corrected chi connectivity index (χ1v) is 4.82. The molecule has 3 N–H and O–H groups in total. The molecule has 0 aliphatic heterocycles. The lowest BCUT2D eigenvalue weighted by Crippen LogP contribution is -2.37. The number of carbonyl (C=O) groups excluding carboxylic acids is 1. The number of nitrogens with two attached hydrogens (primary N) is 1. The average molecular weight is 208 g/mol. The molecule has 15 heavy (non-hydrogen) atoms. The van der Waals surface area contributed by atoms with Gasteiger partial charge in [-0.05, 0) is 25.1 Å². The summed E-state index contributed by atoms with van der Waals surface area (Å²) in [6.07, 6.45) is 0. The van der Waals surface area contributed by atoms with Gasteiger partial charge in [-0.3, -0.25) is 4.79 Å². The molecule has 0 fully saturated rings. The first kappa shape index (κ1) is 11.5. The summed E-state index contributed by atoms with van der Waals surface area (Å²) < 4.78 is 5.03. The van der Waals surface area contributed by atoms with Crippen LogP contribution in [0, 0.1) is 0 Å². The zero-order valence-corrected chi connectivity index (χ0v) is 8.99. The van der Waals surface area contributed by atoms with Gasteiger partial charge in [-0.2, -0.15) is 0 Å². The van der Waals surface area contributed by atoms with Crippen LogP contribution in [0.3, 0.4) is 0 Å². The Bertz CT molecular complexity index is 339. The van der Waals surface area contributed by atoms with Crippen LogP contribution in [-0.2, 0) is 0 Å². The number of amides is 1. The van der Waals surface area contributed by atoms with Crippen molar-refractivity contribution in [2.45, 2.75) is 13.0 Å². The normalized spacial score (nSPS) is 11.9. The maximum atomic E-state index is 11.7. The third kappa shape index (κ3) is 3.25. The zero-order chi connectivity index (χ0) is 11.3. The first-order valence-electron chi connectivity index (χ1n) is 4.82. The van der Waals surface area contributed by atoms with E-state index in [0.29, 0.717) is 17.9 Å². The van der Waals surface area contributed by atoms with E-state index in [4.69, 9.17) is 10.5 Å². The number of hydrogen-bond acceptors (Lipinski definition) is 3. The van der Waals surface area contributed by atoms with Crippen LogP contribution in [0.4, 0.5) is 0 Å². The number of methoxy groups -OCH3 is 1. The van der Waals surface area contributed by atoms with Crippen LogP contribution in [0.25, 0.3) is 0 Å². The molecule has 1 aromatic carbocycles. The second-order valence-electron chi connectivity index (χ2n) is 3.34. The van der Waals surface area contributed by atoms with Crippen molar-refractivity contribution in [3.05, 3.63) is 29.8 Å². The van der Waals surface area contributed by atoms with Crippen molar-refractivity contribution in [2.24, 2.45) is 5.73 Å². The summed E-state index contributed by atoms with van der Waals surface area (Å²) in [6, 6.07) is 6.98. The molecule has 1 aromatic rings. The molecule has 0 aliphatic carbocycles. The fourth-order valence-electron chi connectivity index (χ4n) is 1.13. The van der Waals surface area contributed by atoms with Gasteiger partial charge >= 0.3 is 0 Å². The van der Waals surface area contributed by atoms with Crippen LogP contribution in [-0.4, -0.2) is 25.6 Å². The quantitative estimate of drug-likeness (QED) is 0.768. The summed E-state index contributed by atoms with van der Waals surface area (Å²) in [4.78, 5) is 11.7. The van der Waals surface area contributed by atoms with E-state index in [1.54, 1.807) is 31.4 Å². The predicted molar refractivity (Wildman–Crippen MR) is 59.0 cm³/mol. The average Bonchev–Trinajstić information content (AvgIpc) is 2.28. The highest BCUT2D eigenvalue weighted by Crippen LogP contribution is 2.12. The van der Waals surface area contributed by atoms with Gasteiger partial charge in [0.2, 0.25) is 0 Å². The zero-order valence-electron chi connectivity index (χ0n) is 8.99. The Morgan fingerprint density at radius 3 is 2.93 bits per heavy atom. The van der Waals surface area contributed by atoms with Crippen LogP contribution < -0.4 is 15.8 Å². The smallest absolute Gasteiger partial charge is 0.251 e. The molecule has 1 atom stereocenters. The van der Waals surface area contributed by atoms with E-state index in [2.05, 4.69) is 5.32 Å². The Morgan fingerprint density at radius 2 is 2.33 bits per heavy atom. The van der Waals surface area contributed by atoms with Gasteiger partial charge in [0, 0.05) is 18.2 Å². The highest BCUT2D eigenvalue weighted by Gasteiger charge is 2.08. The Morgan fingerprint density at radius 1 is 1.60 bits per heavy atom. The maximum absolute atomic E-state index is 11.7. The van der Waals surface area contributed by atoms with Crippen molar-refractivity contribution < 1.29 is 9.53 Å². The van der Waals surface area contributed by atoms with Crippen LogP contribution in [0.15, 0.2) is 24.3 Å². The molecule has 0 heterocycles. The number of hydrogen-bond donors (Lipinski definition) is 2. The molecule has 1 rings (SSSR count). The molecule has 0 bridgehead atoms. The van der Waals surface area contributed by atoms with Crippen molar-refractivity contribution in [3.63, 3.8) is 0 Å². The van der Waals surface area contributed by atoms with Gasteiger partial charge in [-0.15, -0.1) is 0 Å². The topological polar surface area (TPSA) is 64.3 Å². The summed E-state index contributed by atoms with van der Waals surface area (Å²) in [7, 11) is 1.57. The van der Waals surface area contributed by atoms with Crippen molar-refractivity contribution >= 4 is 5.91 Å². The molecule has 0 aliphatic rings. The predicted octanol–water partition coefficient (Wildman–Crippen LogP) is 0.772. The molecule has 1 amide bonds. The Kier molecular flexibility index (Phi) is 4.12. The van der Waals surface area contributed by atoms with Crippen molar-refractivity contribution in [2.75, 3.05) is 13.7 Å². The van der Waals surface area contributed by atoms with E-state index in [-0.39, 0.29) is 11.9 Å². The second kappa shape index (κ2) is 5.36. The molecule has 0 saturated heterocycles. The molecule has 82 valence electrons. The third-order valence-electron chi connectivity index (χ3n) is 2.06. The molecular weight excluding hydrogens is 192 g/mol. The van der Waals surface area contributed by atoms with E-state index < -0.39 is 0 Å². The fourth-order valence-corrected chi connectivity index (χ4v) is 1.13. The van der Waals surface area contributed by atoms with Gasteiger partial charge < -0.3 is 15.8 Å². The number of ether oxygens (including phenoxy) is 1. The van der Waals surface area contributed by atoms with Crippen LogP contribution in [0.1, 0.15) is 17.3 Å². The lowest BCUT2D eigenvalue weighted by atomic mass is 10.2. The van der Waals surface area contributed by atoms with Crippen molar-refractivity contribution in [1.82, 2.24) is 5.32 Å². The minimum Gasteiger partial charge on any atom is -0.497 e. The molecule has 4 nitrogen and oxygen atoms in total. The largest absolute Gasteiger partial charge is 0.497 e. The number of nitrogens with one attached hydrogen (secondary N) is 1. The molecule has 0 saturated carbocycles. The summed E-state index contributed by atoms with van der Waals surface area (Å²) in [6.45, 7) is 2.29. The number of rotatable bonds is 4. The van der Waals surface area contributed by atoms with E-state index in [9.17, 15) is 4.79 Å². The van der Waals surface area contributed by atoms with Crippen molar-refractivity contribution in [3.8, 4) is 5.75 Å². The van der Waals surface area contributed by atoms with Gasteiger partial charge in [-0.1, -0.05) is 6.07 Å². The van der Waals surface area contributed by atoms with E-state index in [1.165, 1.54) is 0 Å². The highest BCUT2D eigenvalue weighted by atomic mass is 16.5. The molecule has 1 unspecified atom stereocenters. The summed E-state index contributed by atoms with van der Waals surface area (Å²) in [5.74, 6) is 0.537. The Hall–Kier alpha value is -1.55. The molecule has 0 radical (unpaired) electrons. The van der Waals surface area contributed by atoms with Gasteiger partial charge in [-0.25, -0.2) is 0 Å². The third-order valence-corrected chi connectivity index (χ3v) is 2.06. The Labute approximate surface area is 89.4 Å². The van der Waals surface area contributed by atoms with E-state index >= 15 is 0 Å². The number of benzene rings is 1. The molecule has 0 spiro atoms. The van der Waals surface area contributed by atoms with Crippen LogP contribution in [0.2, 0.25) is 0 Å². The first-order chi connectivity index (χ1) is 7.17. The monoisotopic (exact) mass is 208 g/mol. The van der Waals surface area contributed by atoms with Gasteiger partial charge in [0.1, 0.15) is 5.75 Å². The second-order valence-corrected chi connectivity index (χ2v) is 3.34. The number of carbonyl (C=O) groups is 1. The van der Waals surface area contributed by atoms with Gasteiger partial charge in [0.05, 0.1) is 7.11 Å². The van der Waals surface area contributed by atoms with E-state index in [1.807, 2.05) is 6.92 Å². The Balaban J connectivity index is 2.73. The summed E-state index contributed by atoms with van der Waals surface area (Å²) in [5.41, 5.74) is 5.99. The van der Waals surface area contributed by atoms with Gasteiger partial charge in [0.15, 0.2) is 0 Å². The lowest BCUT2D eigenvalue weighted by Gasteiger charge is -2.11. The summed E-state index contributed by atoms with van der Waals surface area (Å²) >= 11 is 0. The minimum atomic E-state index is -0.133. The minimum absolute atomic E-state index is 0.0244. The lowest BCUT2D eigenvalue weighted by molar-refractivity contribution is 0.0941. The molecular formula is C11H16N2O2. The highest BCUT2D eigenvalue weighted by molar-refractivity contribution is 5.94. The fraction of sp³-hybridized carbons (Fsp3) is 0.364. The molecule has 4 heteroatoms. The SMILES string of the molecule is COc1cccc(C(=O)NC(C)CN)c1. The van der Waals surface area contributed by atoms with Crippen molar-refractivity contribution in [1.29, 1.82) is 0 Å². The standard InChI is InChI=1S/C11H16N2O2/c1-8(7-12)13-11(14)9-4-3-5-10(6-9)15-2/h3-6,8H,7,12H2,1-2H3,(H,13,14).